The molecule has 0 spiro atoms. The van der Waals surface area contributed by atoms with Gasteiger partial charge in [0, 0.05) is 6.54 Å². The van der Waals surface area contributed by atoms with Gasteiger partial charge >= 0.3 is 0 Å². The molecule has 1 aliphatic rings. The van der Waals surface area contributed by atoms with Crippen LogP contribution < -0.4 is 15.2 Å². The van der Waals surface area contributed by atoms with Crippen LogP contribution in [-0.2, 0) is 9.84 Å². The maximum absolute atomic E-state index is 12.7. The van der Waals surface area contributed by atoms with Gasteiger partial charge in [0.2, 0.25) is 6.79 Å². The average Bonchev–Trinajstić information content (AvgIpc) is 2.96. The van der Waals surface area contributed by atoms with Gasteiger partial charge in [-0.15, -0.1) is 0 Å². The molecule has 0 saturated carbocycles. The van der Waals surface area contributed by atoms with Crippen LogP contribution in [0.1, 0.15) is 10.8 Å². The summed E-state index contributed by atoms with van der Waals surface area (Å²) in [5.41, 5.74) is 6.32. The van der Waals surface area contributed by atoms with E-state index in [0.29, 0.717) is 17.1 Å². The smallest absolute Gasteiger partial charge is 0.231 e. The number of rotatable bonds is 4. The summed E-state index contributed by atoms with van der Waals surface area (Å²) in [4.78, 5) is 0.262. The first-order valence-corrected chi connectivity index (χ1v) is 8.06. The Morgan fingerprint density at radius 1 is 1.05 bits per heavy atom. The summed E-state index contributed by atoms with van der Waals surface area (Å²) in [6.45, 7) is 0.147. The third kappa shape index (κ3) is 2.48. The fourth-order valence-corrected chi connectivity index (χ4v) is 3.95. The predicted molar refractivity (Wildman–Crippen MR) is 78.0 cm³/mol. The van der Waals surface area contributed by atoms with E-state index in [-0.39, 0.29) is 18.2 Å². The minimum atomic E-state index is -3.54. The normalized spacial score (nSPS) is 14.9. The van der Waals surface area contributed by atoms with E-state index >= 15 is 0 Å². The summed E-state index contributed by atoms with van der Waals surface area (Å²) in [5, 5.41) is -0.811. The molecule has 6 heteroatoms. The molecule has 0 saturated heterocycles. The first-order valence-electron chi connectivity index (χ1n) is 6.51. The molecule has 0 amide bonds. The summed E-state index contributed by atoms with van der Waals surface area (Å²) in [5.74, 6) is 1.17. The highest BCUT2D eigenvalue weighted by Crippen LogP contribution is 2.37. The number of sulfone groups is 1. The fraction of sp³-hybridized carbons (Fsp3) is 0.200. The van der Waals surface area contributed by atoms with Gasteiger partial charge in [0.15, 0.2) is 21.3 Å². The van der Waals surface area contributed by atoms with E-state index in [0.717, 1.165) is 0 Å². The lowest BCUT2D eigenvalue weighted by Gasteiger charge is -2.16. The monoisotopic (exact) mass is 305 g/mol. The molecule has 1 heterocycles. The standard InChI is InChI=1S/C15H15NO4S/c16-9-15(21(17,18)12-4-2-1-3-5-12)11-6-7-13-14(8-11)20-10-19-13/h1-8,15H,9-10,16H2/t15-/m1/s1. The molecule has 5 nitrogen and oxygen atoms in total. The SMILES string of the molecule is NC[C@H](c1ccc2c(c1)OCO2)S(=O)(=O)c1ccccc1. The van der Waals surface area contributed by atoms with Crippen LogP contribution in [0.2, 0.25) is 0 Å². The Labute approximate surface area is 123 Å². The lowest BCUT2D eigenvalue weighted by atomic mass is 10.1. The van der Waals surface area contributed by atoms with Crippen LogP contribution in [-0.4, -0.2) is 21.8 Å². The van der Waals surface area contributed by atoms with Gasteiger partial charge in [-0.05, 0) is 29.8 Å². The number of benzene rings is 2. The lowest BCUT2D eigenvalue weighted by molar-refractivity contribution is 0.174. The summed E-state index contributed by atoms with van der Waals surface area (Å²) in [6.07, 6.45) is 0. The van der Waals surface area contributed by atoms with Crippen molar-refractivity contribution in [2.75, 3.05) is 13.3 Å². The van der Waals surface area contributed by atoms with Gasteiger partial charge in [-0.3, -0.25) is 0 Å². The molecule has 1 atom stereocenters. The maximum Gasteiger partial charge on any atom is 0.231 e. The van der Waals surface area contributed by atoms with Crippen LogP contribution in [0, 0.1) is 0 Å². The highest BCUT2D eigenvalue weighted by atomic mass is 32.2. The van der Waals surface area contributed by atoms with Crippen molar-refractivity contribution in [1.29, 1.82) is 0 Å². The molecule has 21 heavy (non-hydrogen) atoms. The van der Waals surface area contributed by atoms with Crippen molar-refractivity contribution in [3.8, 4) is 11.5 Å². The zero-order chi connectivity index (χ0) is 14.9. The Morgan fingerprint density at radius 2 is 1.76 bits per heavy atom. The van der Waals surface area contributed by atoms with E-state index in [4.69, 9.17) is 15.2 Å². The first kappa shape index (κ1) is 13.9. The van der Waals surface area contributed by atoms with Crippen LogP contribution in [0.5, 0.6) is 11.5 Å². The van der Waals surface area contributed by atoms with Crippen LogP contribution in [0.3, 0.4) is 0 Å². The molecule has 110 valence electrons. The minimum Gasteiger partial charge on any atom is -0.454 e. The molecule has 0 radical (unpaired) electrons. The predicted octanol–water partition coefficient (Wildman–Crippen LogP) is 1.89. The van der Waals surface area contributed by atoms with Crippen molar-refractivity contribution in [2.45, 2.75) is 10.1 Å². The minimum absolute atomic E-state index is 0.00310. The van der Waals surface area contributed by atoms with E-state index in [2.05, 4.69) is 0 Å². The summed E-state index contributed by atoms with van der Waals surface area (Å²) < 4.78 is 36.0. The molecule has 0 unspecified atom stereocenters. The van der Waals surface area contributed by atoms with Gasteiger partial charge in [-0.2, -0.15) is 0 Å². The van der Waals surface area contributed by atoms with E-state index in [1.165, 1.54) is 0 Å². The fourth-order valence-electron chi connectivity index (χ4n) is 2.33. The van der Waals surface area contributed by atoms with Gasteiger partial charge in [0.1, 0.15) is 5.25 Å². The Bertz CT molecular complexity index is 744. The van der Waals surface area contributed by atoms with Gasteiger partial charge in [0.25, 0.3) is 0 Å². The molecule has 2 N–H and O–H groups in total. The largest absolute Gasteiger partial charge is 0.454 e. The number of fused-ring (bicyclic) bond motifs is 1. The molecule has 0 aromatic heterocycles. The second kappa shape index (κ2) is 5.38. The average molecular weight is 305 g/mol. The molecule has 2 aromatic rings. The first-order chi connectivity index (χ1) is 10.1. The maximum atomic E-state index is 12.7. The van der Waals surface area contributed by atoms with Gasteiger partial charge in [-0.25, -0.2) is 8.42 Å². The van der Waals surface area contributed by atoms with E-state index in [1.807, 2.05) is 0 Å². The van der Waals surface area contributed by atoms with Gasteiger partial charge < -0.3 is 15.2 Å². The lowest BCUT2D eigenvalue weighted by Crippen LogP contribution is -2.22. The molecule has 0 fully saturated rings. The Morgan fingerprint density at radius 3 is 2.48 bits per heavy atom. The Kier molecular flexibility index (Phi) is 3.57. The quantitative estimate of drug-likeness (QED) is 0.933. The zero-order valence-electron chi connectivity index (χ0n) is 11.2. The van der Waals surface area contributed by atoms with Gasteiger partial charge in [-0.1, -0.05) is 24.3 Å². The molecule has 3 rings (SSSR count). The topological polar surface area (TPSA) is 78.6 Å². The molecule has 1 aliphatic heterocycles. The summed E-state index contributed by atoms with van der Waals surface area (Å²) >= 11 is 0. The second-order valence-corrected chi connectivity index (χ2v) is 6.83. The highest BCUT2D eigenvalue weighted by molar-refractivity contribution is 7.91. The zero-order valence-corrected chi connectivity index (χ0v) is 12.0. The molecular weight excluding hydrogens is 290 g/mol. The summed E-state index contributed by atoms with van der Waals surface area (Å²) in [7, 11) is -3.54. The van der Waals surface area contributed by atoms with Crippen LogP contribution in [0.4, 0.5) is 0 Å². The van der Waals surface area contributed by atoms with Crippen molar-refractivity contribution in [1.82, 2.24) is 0 Å². The Hall–Kier alpha value is -2.05. The van der Waals surface area contributed by atoms with Crippen molar-refractivity contribution in [2.24, 2.45) is 5.73 Å². The third-order valence-corrected chi connectivity index (χ3v) is 5.57. The van der Waals surface area contributed by atoms with Crippen molar-refractivity contribution in [3.63, 3.8) is 0 Å². The Balaban J connectivity index is 2.02. The summed E-state index contributed by atoms with van der Waals surface area (Å²) in [6, 6.07) is 13.4. The second-order valence-electron chi connectivity index (χ2n) is 4.70. The number of ether oxygens (including phenoxy) is 2. The van der Waals surface area contributed by atoms with E-state index < -0.39 is 15.1 Å². The molecule has 0 aliphatic carbocycles. The van der Waals surface area contributed by atoms with Crippen molar-refractivity contribution < 1.29 is 17.9 Å². The number of hydrogen-bond donors (Lipinski definition) is 1. The number of nitrogens with two attached hydrogens (primary N) is 1. The molecule has 2 aromatic carbocycles. The van der Waals surface area contributed by atoms with Gasteiger partial charge in [0.05, 0.1) is 4.90 Å². The van der Waals surface area contributed by atoms with Crippen molar-refractivity contribution >= 4 is 9.84 Å². The van der Waals surface area contributed by atoms with Crippen molar-refractivity contribution in [3.05, 3.63) is 54.1 Å². The highest BCUT2D eigenvalue weighted by Gasteiger charge is 2.29. The van der Waals surface area contributed by atoms with E-state index in [9.17, 15) is 8.42 Å². The third-order valence-electron chi connectivity index (χ3n) is 3.43. The number of hydrogen-bond acceptors (Lipinski definition) is 5. The molecule has 0 bridgehead atoms. The van der Waals surface area contributed by atoms with E-state index in [1.54, 1.807) is 48.5 Å². The van der Waals surface area contributed by atoms with Crippen LogP contribution >= 0.6 is 0 Å². The van der Waals surface area contributed by atoms with Crippen LogP contribution in [0.25, 0.3) is 0 Å². The molecular formula is C15H15NO4S. The van der Waals surface area contributed by atoms with Crippen LogP contribution in [0.15, 0.2) is 53.4 Å².